The van der Waals surface area contributed by atoms with E-state index < -0.39 is 0 Å². The minimum absolute atomic E-state index is 0.341. The Bertz CT molecular complexity index is 259. The molecule has 0 aromatic rings. The smallest absolute Gasteiger partial charge is 0.0222 e. The molecule has 0 saturated heterocycles. The van der Waals surface area contributed by atoms with E-state index in [1.807, 2.05) is 0 Å². The van der Waals surface area contributed by atoms with Crippen LogP contribution in [0.5, 0.6) is 0 Å². The van der Waals surface area contributed by atoms with Crippen molar-refractivity contribution in [2.75, 3.05) is 6.54 Å². The van der Waals surface area contributed by atoms with E-state index in [2.05, 4.69) is 17.6 Å². The number of hydrogen-bond donors (Lipinski definition) is 4. The van der Waals surface area contributed by atoms with E-state index in [4.69, 9.17) is 11.5 Å². The van der Waals surface area contributed by atoms with Gasteiger partial charge in [-0.2, -0.15) is 0 Å². The molecule has 0 aromatic carbocycles. The van der Waals surface area contributed by atoms with Crippen LogP contribution in [0.3, 0.4) is 0 Å². The summed E-state index contributed by atoms with van der Waals surface area (Å²) in [5.74, 6) is 0. The van der Waals surface area contributed by atoms with Gasteiger partial charge in [0.25, 0.3) is 0 Å². The molecule has 2 fully saturated rings. The molecule has 2 aliphatic rings. The molecule has 5 atom stereocenters. The van der Waals surface area contributed by atoms with Gasteiger partial charge in [-0.15, -0.1) is 0 Å². The van der Waals surface area contributed by atoms with E-state index in [-0.39, 0.29) is 0 Å². The normalized spacial score (nSPS) is 38.1. The zero-order valence-corrected chi connectivity index (χ0v) is 12.4. The maximum atomic E-state index is 6.19. The molecule has 2 saturated carbocycles. The summed E-state index contributed by atoms with van der Waals surface area (Å²) in [6, 6.07) is 2.18. The molecule has 0 unspecified atom stereocenters. The van der Waals surface area contributed by atoms with Crippen molar-refractivity contribution < 1.29 is 0 Å². The molecule has 19 heavy (non-hydrogen) atoms. The van der Waals surface area contributed by atoms with Gasteiger partial charge in [-0.05, 0) is 32.6 Å². The predicted molar refractivity (Wildman–Crippen MR) is 81.1 cm³/mol. The maximum Gasteiger partial charge on any atom is 0.0222 e. The number of nitrogens with two attached hydrogens (primary N) is 2. The highest BCUT2D eigenvalue weighted by molar-refractivity contribution is 4.88. The molecule has 6 N–H and O–H groups in total. The zero-order valence-electron chi connectivity index (χ0n) is 12.4. The Morgan fingerprint density at radius 3 is 2.00 bits per heavy atom. The van der Waals surface area contributed by atoms with Crippen LogP contribution in [0.1, 0.15) is 58.3 Å². The van der Waals surface area contributed by atoms with Crippen LogP contribution in [0.15, 0.2) is 0 Å². The van der Waals surface area contributed by atoms with Gasteiger partial charge in [0.15, 0.2) is 0 Å². The minimum atomic E-state index is 0.341. The average Bonchev–Trinajstić information content (AvgIpc) is 2.40. The molecular formula is C15H32N4. The molecule has 0 aliphatic heterocycles. The van der Waals surface area contributed by atoms with Gasteiger partial charge in [0, 0.05) is 36.8 Å². The third kappa shape index (κ3) is 4.71. The quantitative estimate of drug-likeness (QED) is 0.602. The summed E-state index contributed by atoms with van der Waals surface area (Å²) >= 11 is 0. The molecule has 0 aromatic heterocycles. The Labute approximate surface area is 118 Å². The molecule has 4 heteroatoms. The van der Waals surface area contributed by atoms with Gasteiger partial charge in [-0.25, -0.2) is 0 Å². The third-order valence-corrected chi connectivity index (χ3v) is 4.82. The lowest BCUT2D eigenvalue weighted by molar-refractivity contribution is 0.280. The van der Waals surface area contributed by atoms with Crippen molar-refractivity contribution in [3.05, 3.63) is 0 Å². The van der Waals surface area contributed by atoms with Crippen LogP contribution < -0.4 is 22.1 Å². The van der Waals surface area contributed by atoms with Gasteiger partial charge < -0.3 is 22.1 Å². The van der Waals surface area contributed by atoms with E-state index in [9.17, 15) is 0 Å². The highest BCUT2D eigenvalue weighted by Gasteiger charge is 2.24. The van der Waals surface area contributed by atoms with Crippen molar-refractivity contribution in [3.63, 3.8) is 0 Å². The summed E-state index contributed by atoms with van der Waals surface area (Å²) in [6.45, 7) is 3.25. The molecule has 4 nitrogen and oxygen atoms in total. The van der Waals surface area contributed by atoms with Crippen molar-refractivity contribution in [1.82, 2.24) is 10.6 Å². The van der Waals surface area contributed by atoms with Crippen LogP contribution >= 0.6 is 0 Å². The highest BCUT2D eigenvalue weighted by Crippen LogP contribution is 2.18. The molecule has 0 radical (unpaired) electrons. The topological polar surface area (TPSA) is 76.1 Å². The number of nitrogens with one attached hydrogen (secondary N) is 2. The summed E-state index contributed by atoms with van der Waals surface area (Å²) in [5, 5.41) is 7.34. The van der Waals surface area contributed by atoms with E-state index in [1.165, 1.54) is 51.4 Å². The van der Waals surface area contributed by atoms with Gasteiger partial charge in [0.2, 0.25) is 0 Å². The monoisotopic (exact) mass is 268 g/mol. The van der Waals surface area contributed by atoms with Crippen LogP contribution in [-0.4, -0.2) is 36.8 Å². The molecule has 0 amide bonds. The lowest BCUT2D eigenvalue weighted by Gasteiger charge is -2.34. The first-order valence-corrected chi connectivity index (χ1v) is 8.17. The first kappa shape index (κ1) is 15.2. The summed E-state index contributed by atoms with van der Waals surface area (Å²) in [4.78, 5) is 0. The Balaban J connectivity index is 1.67. The fourth-order valence-electron chi connectivity index (χ4n) is 3.53. The van der Waals surface area contributed by atoms with E-state index in [1.54, 1.807) is 0 Å². The first-order chi connectivity index (χ1) is 9.16. The van der Waals surface area contributed by atoms with Gasteiger partial charge >= 0.3 is 0 Å². The summed E-state index contributed by atoms with van der Waals surface area (Å²) < 4.78 is 0. The lowest BCUT2D eigenvalue weighted by atomic mass is 9.90. The van der Waals surface area contributed by atoms with Crippen molar-refractivity contribution >= 4 is 0 Å². The predicted octanol–water partition coefficient (Wildman–Crippen LogP) is 1.09. The summed E-state index contributed by atoms with van der Waals surface area (Å²) in [6.07, 6.45) is 10.0. The molecule has 0 heterocycles. The van der Waals surface area contributed by atoms with E-state index >= 15 is 0 Å². The zero-order chi connectivity index (χ0) is 13.7. The number of hydrogen-bond acceptors (Lipinski definition) is 4. The van der Waals surface area contributed by atoms with E-state index in [0.29, 0.717) is 30.2 Å². The fraction of sp³-hybridized carbons (Fsp3) is 1.00. The van der Waals surface area contributed by atoms with Crippen LogP contribution in [-0.2, 0) is 0 Å². The second-order valence-electron chi connectivity index (χ2n) is 6.59. The third-order valence-electron chi connectivity index (χ3n) is 4.82. The van der Waals surface area contributed by atoms with Crippen molar-refractivity contribution in [1.29, 1.82) is 0 Å². The van der Waals surface area contributed by atoms with Crippen molar-refractivity contribution in [2.24, 2.45) is 11.5 Å². The van der Waals surface area contributed by atoms with Crippen molar-refractivity contribution in [3.8, 4) is 0 Å². The Morgan fingerprint density at radius 2 is 1.42 bits per heavy atom. The average molecular weight is 268 g/mol. The molecule has 112 valence electrons. The fourth-order valence-corrected chi connectivity index (χ4v) is 3.53. The highest BCUT2D eigenvalue weighted by atomic mass is 15.0. The SMILES string of the molecule is C[C@H](CN[C@@H]1CCCC[C@H]1N)N[C@@H]1CCCC[C@H]1N. The second kappa shape index (κ2) is 7.58. The molecule has 0 spiro atoms. The van der Waals surface area contributed by atoms with Gasteiger partial charge in [0.05, 0.1) is 0 Å². The maximum absolute atomic E-state index is 6.19. The Morgan fingerprint density at radius 1 is 0.895 bits per heavy atom. The van der Waals surface area contributed by atoms with Crippen molar-refractivity contribution in [2.45, 2.75) is 88.5 Å². The standard InChI is InChI=1S/C15H32N4/c1-11(19-15-9-5-3-7-13(15)17)10-18-14-8-4-2-6-12(14)16/h11-15,18-19H,2-10,16-17H2,1H3/t11-,12-,13-,14-,15-/m1/s1. The Hall–Kier alpha value is -0.160. The van der Waals surface area contributed by atoms with E-state index in [0.717, 1.165) is 6.54 Å². The first-order valence-electron chi connectivity index (χ1n) is 8.17. The van der Waals surface area contributed by atoms with Crippen LogP contribution in [0.2, 0.25) is 0 Å². The molecule has 0 bridgehead atoms. The summed E-state index contributed by atoms with van der Waals surface area (Å²) in [7, 11) is 0. The van der Waals surface area contributed by atoms with Gasteiger partial charge in [-0.1, -0.05) is 25.7 Å². The van der Waals surface area contributed by atoms with Crippen LogP contribution in [0.25, 0.3) is 0 Å². The molecular weight excluding hydrogens is 236 g/mol. The number of rotatable bonds is 5. The lowest BCUT2D eigenvalue weighted by Crippen LogP contribution is -2.55. The minimum Gasteiger partial charge on any atom is -0.326 e. The largest absolute Gasteiger partial charge is 0.326 e. The van der Waals surface area contributed by atoms with Gasteiger partial charge in [-0.3, -0.25) is 0 Å². The van der Waals surface area contributed by atoms with Crippen LogP contribution in [0, 0.1) is 0 Å². The Kier molecular flexibility index (Phi) is 6.07. The summed E-state index contributed by atoms with van der Waals surface area (Å²) in [5.41, 5.74) is 12.4. The second-order valence-corrected chi connectivity index (χ2v) is 6.59. The van der Waals surface area contributed by atoms with Gasteiger partial charge in [0.1, 0.15) is 0 Å². The molecule has 2 aliphatic carbocycles. The molecule has 2 rings (SSSR count). The van der Waals surface area contributed by atoms with Crippen LogP contribution in [0.4, 0.5) is 0 Å².